The van der Waals surface area contributed by atoms with E-state index < -0.39 is 12.0 Å². The number of nitrogens with one attached hydrogen (secondary N) is 1. The van der Waals surface area contributed by atoms with E-state index >= 15 is 0 Å². The zero-order chi connectivity index (χ0) is 13.8. The van der Waals surface area contributed by atoms with Crippen molar-refractivity contribution in [1.29, 1.82) is 0 Å². The standard InChI is InChI=1S/C11H8ClFN4O2/c12-8-6-7(4-5-17(8)19)14-11(18)16-10-3-1-2-9(13)15-10/h1-6,19H,(H,15,16,18)/b14-7-. The molecule has 2 aromatic rings. The number of carbonyl (C=O) groups excluding carboxylic acids is 1. The van der Waals surface area contributed by atoms with E-state index in [1.54, 1.807) is 0 Å². The number of amides is 2. The molecule has 2 heterocycles. The minimum Gasteiger partial charge on any atom is -0.428 e. The first-order chi connectivity index (χ1) is 9.04. The lowest BCUT2D eigenvalue weighted by Gasteiger charge is -2.00. The second-order valence-electron chi connectivity index (χ2n) is 3.44. The molecule has 0 saturated carbocycles. The van der Waals surface area contributed by atoms with Crippen molar-refractivity contribution in [3.05, 3.63) is 53.0 Å². The summed E-state index contributed by atoms with van der Waals surface area (Å²) in [4.78, 5) is 18.7. The van der Waals surface area contributed by atoms with Crippen LogP contribution in [0.25, 0.3) is 0 Å². The van der Waals surface area contributed by atoms with Gasteiger partial charge in [-0.15, -0.1) is 0 Å². The SMILES string of the molecule is O=C(/N=c1/ccn(O)c(Cl)c1)Nc1cccc(F)n1. The highest BCUT2D eigenvalue weighted by Gasteiger charge is 2.02. The van der Waals surface area contributed by atoms with Crippen molar-refractivity contribution in [2.45, 2.75) is 0 Å². The molecule has 98 valence electrons. The fraction of sp³-hybridized carbons (Fsp3) is 0. The van der Waals surface area contributed by atoms with Gasteiger partial charge in [-0.25, -0.2) is 9.78 Å². The van der Waals surface area contributed by atoms with Crippen LogP contribution in [0, 0.1) is 5.95 Å². The number of nitrogens with zero attached hydrogens (tertiary/aromatic N) is 3. The predicted molar refractivity (Wildman–Crippen MR) is 65.4 cm³/mol. The number of carbonyl (C=O) groups is 1. The molecule has 0 bridgehead atoms. The average Bonchev–Trinajstić information content (AvgIpc) is 2.34. The summed E-state index contributed by atoms with van der Waals surface area (Å²) < 4.78 is 13.5. The quantitative estimate of drug-likeness (QED) is 0.620. The maximum atomic E-state index is 12.8. The zero-order valence-electron chi connectivity index (χ0n) is 9.42. The summed E-state index contributed by atoms with van der Waals surface area (Å²) in [7, 11) is 0. The minimum atomic E-state index is -0.732. The summed E-state index contributed by atoms with van der Waals surface area (Å²) in [5, 5.41) is 11.7. The van der Waals surface area contributed by atoms with Crippen LogP contribution < -0.4 is 10.7 Å². The monoisotopic (exact) mass is 282 g/mol. The Balaban J connectivity index is 2.19. The fourth-order valence-electron chi connectivity index (χ4n) is 1.26. The van der Waals surface area contributed by atoms with Gasteiger partial charge in [-0.05, 0) is 18.2 Å². The highest BCUT2D eigenvalue weighted by molar-refractivity contribution is 6.29. The van der Waals surface area contributed by atoms with Crippen LogP contribution in [0.3, 0.4) is 0 Å². The van der Waals surface area contributed by atoms with E-state index in [1.165, 1.54) is 30.5 Å². The Bertz CT molecular complexity index is 686. The van der Waals surface area contributed by atoms with Crippen molar-refractivity contribution < 1.29 is 14.4 Å². The number of halogens is 2. The molecule has 0 spiro atoms. The number of aromatic nitrogens is 2. The molecule has 0 radical (unpaired) electrons. The van der Waals surface area contributed by atoms with Crippen LogP contribution in [0.4, 0.5) is 15.0 Å². The molecule has 0 aliphatic rings. The normalized spacial score (nSPS) is 11.4. The van der Waals surface area contributed by atoms with Crippen LogP contribution in [0.15, 0.2) is 41.5 Å². The molecule has 0 aliphatic carbocycles. The lowest BCUT2D eigenvalue weighted by molar-refractivity contribution is 0.185. The molecule has 0 saturated heterocycles. The van der Waals surface area contributed by atoms with Crippen molar-refractivity contribution in [2.24, 2.45) is 4.99 Å². The van der Waals surface area contributed by atoms with Gasteiger partial charge >= 0.3 is 6.03 Å². The molecule has 0 atom stereocenters. The average molecular weight is 283 g/mol. The van der Waals surface area contributed by atoms with Crippen molar-refractivity contribution in [2.75, 3.05) is 5.32 Å². The van der Waals surface area contributed by atoms with Crippen LogP contribution in [-0.4, -0.2) is 21.0 Å². The smallest absolute Gasteiger partial charge is 0.347 e. The predicted octanol–water partition coefficient (Wildman–Crippen LogP) is 2.05. The van der Waals surface area contributed by atoms with Crippen LogP contribution in [0.5, 0.6) is 0 Å². The molecule has 0 fully saturated rings. The van der Waals surface area contributed by atoms with Crippen molar-refractivity contribution in [3.8, 4) is 0 Å². The molecule has 6 nitrogen and oxygen atoms in total. The van der Waals surface area contributed by atoms with Crippen LogP contribution in [0.1, 0.15) is 0 Å². The van der Waals surface area contributed by atoms with Gasteiger partial charge in [-0.2, -0.15) is 14.1 Å². The minimum absolute atomic E-state index is 0.00192. The van der Waals surface area contributed by atoms with E-state index in [-0.39, 0.29) is 16.3 Å². The third-order valence-corrected chi connectivity index (χ3v) is 2.34. The first-order valence-electron chi connectivity index (χ1n) is 5.10. The third-order valence-electron chi connectivity index (χ3n) is 2.05. The molecule has 2 rings (SSSR count). The number of rotatable bonds is 1. The summed E-state index contributed by atoms with van der Waals surface area (Å²) >= 11 is 5.64. The van der Waals surface area contributed by atoms with Gasteiger partial charge < -0.3 is 5.21 Å². The largest absolute Gasteiger partial charge is 0.428 e. The van der Waals surface area contributed by atoms with E-state index in [2.05, 4.69) is 15.3 Å². The number of anilines is 1. The van der Waals surface area contributed by atoms with Crippen LogP contribution >= 0.6 is 11.6 Å². The van der Waals surface area contributed by atoms with Crippen molar-refractivity contribution >= 4 is 23.4 Å². The van der Waals surface area contributed by atoms with E-state index in [0.717, 1.165) is 6.07 Å². The summed E-state index contributed by atoms with van der Waals surface area (Å²) in [5.74, 6) is -0.658. The van der Waals surface area contributed by atoms with Crippen LogP contribution in [0.2, 0.25) is 5.15 Å². The Hall–Kier alpha value is -2.41. The number of pyridine rings is 2. The Morgan fingerprint density at radius 1 is 1.47 bits per heavy atom. The van der Waals surface area contributed by atoms with E-state index in [9.17, 15) is 9.18 Å². The first-order valence-corrected chi connectivity index (χ1v) is 5.48. The van der Waals surface area contributed by atoms with Gasteiger partial charge in [0, 0.05) is 12.3 Å². The zero-order valence-corrected chi connectivity index (χ0v) is 10.2. The van der Waals surface area contributed by atoms with Gasteiger partial charge in [0.25, 0.3) is 0 Å². The summed E-state index contributed by atoms with van der Waals surface area (Å²) in [6.45, 7) is 0. The Morgan fingerprint density at radius 3 is 2.95 bits per heavy atom. The summed E-state index contributed by atoms with van der Waals surface area (Å²) in [5.41, 5.74) is 0. The molecule has 2 aromatic heterocycles. The number of hydrogen-bond acceptors (Lipinski definition) is 3. The van der Waals surface area contributed by atoms with Gasteiger partial charge in [-0.1, -0.05) is 17.7 Å². The van der Waals surface area contributed by atoms with Crippen molar-refractivity contribution in [3.63, 3.8) is 0 Å². The van der Waals surface area contributed by atoms with Crippen LogP contribution in [-0.2, 0) is 0 Å². The van der Waals surface area contributed by atoms with Gasteiger partial charge in [-0.3, -0.25) is 5.32 Å². The van der Waals surface area contributed by atoms with Gasteiger partial charge in [0.15, 0.2) is 0 Å². The summed E-state index contributed by atoms with van der Waals surface area (Å²) in [6.07, 6.45) is 1.23. The molecule has 0 unspecified atom stereocenters. The highest BCUT2D eigenvalue weighted by Crippen LogP contribution is 2.04. The molecule has 2 amide bonds. The lowest BCUT2D eigenvalue weighted by atomic mass is 10.4. The topological polar surface area (TPSA) is 79.5 Å². The molecule has 2 N–H and O–H groups in total. The van der Waals surface area contributed by atoms with Gasteiger partial charge in [0.05, 0.1) is 5.36 Å². The number of urea groups is 1. The third kappa shape index (κ3) is 3.52. The van der Waals surface area contributed by atoms with E-state index in [1.807, 2.05) is 0 Å². The molecular formula is C11H8ClFN4O2. The second kappa shape index (κ2) is 5.49. The fourth-order valence-corrected chi connectivity index (χ4v) is 1.42. The molecule has 0 aromatic carbocycles. The maximum absolute atomic E-state index is 12.8. The Morgan fingerprint density at radius 2 is 2.26 bits per heavy atom. The first kappa shape index (κ1) is 13.0. The van der Waals surface area contributed by atoms with Gasteiger partial charge in [0.2, 0.25) is 5.95 Å². The Labute approximate surface area is 111 Å². The summed E-state index contributed by atoms with van der Waals surface area (Å²) in [6, 6.07) is 5.93. The Kier molecular flexibility index (Phi) is 3.76. The molecule has 8 heteroatoms. The van der Waals surface area contributed by atoms with E-state index in [0.29, 0.717) is 4.73 Å². The van der Waals surface area contributed by atoms with Crippen molar-refractivity contribution in [1.82, 2.24) is 9.71 Å². The van der Waals surface area contributed by atoms with E-state index in [4.69, 9.17) is 16.8 Å². The molecular weight excluding hydrogens is 275 g/mol. The molecule has 0 aliphatic heterocycles. The lowest BCUT2D eigenvalue weighted by Crippen LogP contribution is -2.14. The molecule has 19 heavy (non-hydrogen) atoms. The maximum Gasteiger partial charge on any atom is 0.347 e. The second-order valence-corrected chi connectivity index (χ2v) is 3.83. The highest BCUT2D eigenvalue weighted by atomic mass is 35.5. The van der Waals surface area contributed by atoms with Gasteiger partial charge in [0.1, 0.15) is 11.0 Å². The number of hydrogen-bond donors (Lipinski definition) is 2.